The zero-order valence-electron chi connectivity index (χ0n) is 20.2. The summed E-state index contributed by atoms with van der Waals surface area (Å²) < 4.78 is 7.69. The first-order chi connectivity index (χ1) is 16.9. The SMILES string of the molecule is CC(C)(C)c1nnc2n1-c1ccccc1C(c1ccccc1)=NC2CC(=O)OCc1ccccc1. The van der Waals surface area contributed by atoms with Crippen molar-refractivity contribution in [1.82, 2.24) is 14.8 Å². The minimum absolute atomic E-state index is 0.0689. The first kappa shape index (κ1) is 22.7. The summed E-state index contributed by atoms with van der Waals surface area (Å²) in [6.45, 7) is 6.56. The van der Waals surface area contributed by atoms with Crippen molar-refractivity contribution in [2.45, 2.75) is 45.3 Å². The van der Waals surface area contributed by atoms with Gasteiger partial charge in [-0.1, -0.05) is 99.6 Å². The Hall–Kier alpha value is -4.06. The lowest BCUT2D eigenvalue weighted by molar-refractivity contribution is -0.145. The van der Waals surface area contributed by atoms with Crippen molar-refractivity contribution in [2.75, 3.05) is 0 Å². The maximum Gasteiger partial charge on any atom is 0.308 e. The number of esters is 1. The first-order valence-corrected chi connectivity index (χ1v) is 11.8. The predicted octanol–water partition coefficient (Wildman–Crippen LogP) is 5.59. The van der Waals surface area contributed by atoms with Crippen LogP contribution in [0.1, 0.15) is 61.6 Å². The number of ether oxygens (including phenoxy) is 1. The number of aliphatic imine (C=N–C) groups is 1. The van der Waals surface area contributed by atoms with E-state index >= 15 is 0 Å². The number of fused-ring (bicyclic) bond motifs is 3. The van der Waals surface area contributed by atoms with E-state index in [1.807, 2.05) is 72.8 Å². The van der Waals surface area contributed by atoms with Crippen LogP contribution in [0.25, 0.3) is 5.69 Å². The summed E-state index contributed by atoms with van der Waals surface area (Å²) in [7, 11) is 0. The van der Waals surface area contributed by atoms with E-state index in [0.29, 0.717) is 5.82 Å². The molecular weight excluding hydrogens is 436 g/mol. The number of rotatable bonds is 5. The zero-order chi connectivity index (χ0) is 24.4. The van der Waals surface area contributed by atoms with E-state index in [1.165, 1.54) is 0 Å². The lowest BCUT2D eigenvalue weighted by atomic mass is 9.94. The van der Waals surface area contributed by atoms with Crippen LogP contribution in [0.15, 0.2) is 89.9 Å². The number of carbonyl (C=O) groups is 1. The molecule has 1 aliphatic heterocycles. The fourth-order valence-corrected chi connectivity index (χ4v) is 4.30. The molecule has 0 saturated heterocycles. The molecule has 0 saturated carbocycles. The lowest BCUT2D eigenvalue weighted by Crippen LogP contribution is -2.20. The Morgan fingerprint density at radius 1 is 0.886 bits per heavy atom. The largest absolute Gasteiger partial charge is 0.461 e. The highest BCUT2D eigenvalue weighted by atomic mass is 16.5. The van der Waals surface area contributed by atoms with Crippen molar-refractivity contribution in [3.63, 3.8) is 0 Å². The molecule has 0 fully saturated rings. The summed E-state index contributed by atoms with van der Waals surface area (Å²) in [6, 6.07) is 27.3. The summed E-state index contributed by atoms with van der Waals surface area (Å²) in [5.41, 5.74) is 4.44. The van der Waals surface area contributed by atoms with Crippen LogP contribution in [0.5, 0.6) is 0 Å². The summed E-state index contributed by atoms with van der Waals surface area (Å²) in [4.78, 5) is 18.1. The molecule has 1 unspecified atom stereocenters. The molecule has 0 N–H and O–H groups in total. The zero-order valence-corrected chi connectivity index (χ0v) is 20.2. The Morgan fingerprint density at radius 3 is 2.26 bits per heavy atom. The van der Waals surface area contributed by atoms with Crippen LogP contribution in [0.4, 0.5) is 0 Å². The van der Waals surface area contributed by atoms with Crippen molar-refractivity contribution in [3.8, 4) is 5.69 Å². The standard InChI is InChI=1S/C29H28N4O2/c1-29(2,3)28-32-31-27-23(18-25(34)35-19-20-12-6-4-7-13-20)30-26(21-14-8-5-9-15-21)22-16-10-11-17-24(22)33(27)28/h4-17,23H,18-19H2,1-3H3. The molecule has 2 heterocycles. The third kappa shape index (κ3) is 4.64. The third-order valence-corrected chi connectivity index (χ3v) is 5.99. The maximum atomic E-state index is 13.0. The van der Waals surface area contributed by atoms with E-state index in [1.54, 1.807) is 0 Å². The molecule has 6 nitrogen and oxygen atoms in total. The Morgan fingerprint density at radius 2 is 1.54 bits per heavy atom. The van der Waals surface area contributed by atoms with Gasteiger partial charge in [-0.05, 0) is 11.6 Å². The monoisotopic (exact) mass is 464 g/mol. The molecule has 1 aromatic heterocycles. The van der Waals surface area contributed by atoms with Gasteiger partial charge in [-0.25, -0.2) is 0 Å². The molecule has 0 amide bonds. The molecule has 176 valence electrons. The van der Waals surface area contributed by atoms with Crippen LogP contribution >= 0.6 is 0 Å². The van der Waals surface area contributed by atoms with Gasteiger partial charge in [-0.3, -0.25) is 14.4 Å². The van der Waals surface area contributed by atoms with E-state index in [4.69, 9.17) is 9.73 Å². The fourth-order valence-electron chi connectivity index (χ4n) is 4.30. The Bertz CT molecular complexity index is 1370. The summed E-state index contributed by atoms with van der Waals surface area (Å²) >= 11 is 0. The minimum Gasteiger partial charge on any atom is -0.461 e. The van der Waals surface area contributed by atoms with Crippen LogP contribution in [0, 0.1) is 0 Å². The van der Waals surface area contributed by atoms with Gasteiger partial charge in [-0.2, -0.15) is 0 Å². The van der Waals surface area contributed by atoms with Crippen LogP contribution in [0.2, 0.25) is 0 Å². The van der Waals surface area contributed by atoms with Gasteiger partial charge in [0.1, 0.15) is 18.5 Å². The molecule has 0 bridgehead atoms. The predicted molar refractivity (Wildman–Crippen MR) is 136 cm³/mol. The van der Waals surface area contributed by atoms with Gasteiger partial charge >= 0.3 is 5.97 Å². The summed E-state index contributed by atoms with van der Waals surface area (Å²) in [5.74, 6) is 1.14. The van der Waals surface area contributed by atoms with Crippen molar-refractivity contribution >= 4 is 11.7 Å². The average molecular weight is 465 g/mol. The van der Waals surface area contributed by atoms with Crippen LogP contribution < -0.4 is 0 Å². The molecule has 6 heteroatoms. The van der Waals surface area contributed by atoms with E-state index in [0.717, 1.165) is 33.9 Å². The van der Waals surface area contributed by atoms with Crippen LogP contribution in [0.3, 0.4) is 0 Å². The first-order valence-electron chi connectivity index (χ1n) is 11.8. The number of hydrogen-bond acceptors (Lipinski definition) is 5. The molecule has 5 rings (SSSR count). The lowest BCUT2D eigenvalue weighted by Gasteiger charge is -2.21. The van der Waals surface area contributed by atoms with Crippen LogP contribution in [-0.4, -0.2) is 26.4 Å². The quantitative estimate of drug-likeness (QED) is 0.361. The van der Waals surface area contributed by atoms with Crippen molar-refractivity contribution in [1.29, 1.82) is 0 Å². The van der Waals surface area contributed by atoms with Crippen molar-refractivity contribution < 1.29 is 9.53 Å². The van der Waals surface area contributed by atoms with Gasteiger partial charge in [-0.15, -0.1) is 10.2 Å². The molecule has 35 heavy (non-hydrogen) atoms. The molecule has 0 radical (unpaired) electrons. The Labute approximate surface area is 205 Å². The smallest absolute Gasteiger partial charge is 0.308 e. The Kier molecular flexibility index (Phi) is 6.03. The number of benzene rings is 3. The second kappa shape index (κ2) is 9.29. The number of para-hydroxylation sites is 1. The van der Waals surface area contributed by atoms with Gasteiger partial charge in [0.25, 0.3) is 0 Å². The van der Waals surface area contributed by atoms with E-state index in [2.05, 4.69) is 47.7 Å². The molecule has 3 aromatic carbocycles. The molecular formula is C29H28N4O2. The number of carbonyl (C=O) groups excluding carboxylic acids is 1. The minimum atomic E-state index is -0.538. The number of hydrogen-bond donors (Lipinski definition) is 0. The van der Waals surface area contributed by atoms with E-state index in [-0.39, 0.29) is 24.4 Å². The van der Waals surface area contributed by atoms with Gasteiger partial charge in [0.05, 0.1) is 17.8 Å². The molecule has 0 spiro atoms. The van der Waals surface area contributed by atoms with Gasteiger partial charge < -0.3 is 4.74 Å². The van der Waals surface area contributed by atoms with Gasteiger partial charge in [0.2, 0.25) is 0 Å². The molecule has 0 aliphatic carbocycles. The third-order valence-electron chi connectivity index (χ3n) is 5.99. The van der Waals surface area contributed by atoms with Gasteiger partial charge in [0.15, 0.2) is 5.82 Å². The second-order valence-corrected chi connectivity index (χ2v) is 9.69. The van der Waals surface area contributed by atoms with E-state index < -0.39 is 6.04 Å². The van der Waals surface area contributed by atoms with Crippen molar-refractivity contribution in [3.05, 3.63) is 113 Å². The fraction of sp³-hybridized carbons (Fsp3) is 0.241. The highest BCUT2D eigenvalue weighted by molar-refractivity contribution is 6.15. The average Bonchev–Trinajstić information content (AvgIpc) is 3.27. The van der Waals surface area contributed by atoms with Crippen molar-refractivity contribution in [2.24, 2.45) is 4.99 Å². The number of aromatic nitrogens is 3. The Balaban J connectivity index is 1.59. The molecule has 4 aromatic rings. The maximum absolute atomic E-state index is 13.0. The topological polar surface area (TPSA) is 69.4 Å². The summed E-state index contributed by atoms with van der Waals surface area (Å²) in [5, 5.41) is 9.11. The summed E-state index contributed by atoms with van der Waals surface area (Å²) in [6.07, 6.45) is 0.0689. The molecule has 1 aliphatic rings. The van der Waals surface area contributed by atoms with Gasteiger partial charge in [0, 0.05) is 16.5 Å². The normalized spacial score (nSPS) is 14.9. The van der Waals surface area contributed by atoms with Crippen LogP contribution in [-0.2, 0) is 21.6 Å². The highest BCUT2D eigenvalue weighted by Gasteiger charge is 2.33. The highest BCUT2D eigenvalue weighted by Crippen LogP contribution is 2.35. The van der Waals surface area contributed by atoms with E-state index in [9.17, 15) is 4.79 Å². The number of nitrogens with zero attached hydrogens (tertiary/aromatic N) is 4. The molecule has 1 atom stereocenters. The second-order valence-electron chi connectivity index (χ2n) is 9.69.